The van der Waals surface area contributed by atoms with Gasteiger partial charge in [0.2, 0.25) is 5.91 Å². The van der Waals surface area contributed by atoms with E-state index >= 15 is 0 Å². The number of carbonyl (C=O) groups excluding carboxylic acids is 1. The number of nitrogens with zero attached hydrogens (tertiary/aromatic N) is 1. The van der Waals surface area contributed by atoms with Crippen LogP contribution in [0.1, 0.15) is 26.2 Å². The molecule has 1 aliphatic rings. The number of hydrogen-bond donors (Lipinski definition) is 1. The van der Waals surface area contributed by atoms with Gasteiger partial charge in [0.05, 0.1) is 6.04 Å². The van der Waals surface area contributed by atoms with Crippen LogP contribution in [-0.2, 0) is 4.79 Å². The van der Waals surface area contributed by atoms with E-state index in [2.05, 4.69) is 26.1 Å². The third kappa shape index (κ3) is 3.56. The zero-order valence-electron chi connectivity index (χ0n) is 10.7. The summed E-state index contributed by atoms with van der Waals surface area (Å²) in [6.45, 7) is 4.06. The van der Waals surface area contributed by atoms with E-state index in [1.54, 1.807) is 0 Å². The van der Waals surface area contributed by atoms with E-state index < -0.39 is 0 Å². The number of nitrogens with one attached hydrogen (secondary N) is 1. The summed E-state index contributed by atoms with van der Waals surface area (Å²) in [6, 6.07) is 7.63. The molecule has 98 valence electrons. The molecular formula is C14H19BrN2O. The van der Waals surface area contributed by atoms with Gasteiger partial charge in [-0.2, -0.15) is 0 Å². The monoisotopic (exact) mass is 310 g/mol. The first-order chi connectivity index (χ1) is 8.66. The van der Waals surface area contributed by atoms with E-state index in [0.717, 1.165) is 23.2 Å². The first-order valence-corrected chi connectivity index (χ1v) is 7.26. The van der Waals surface area contributed by atoms with Crippen LogP contribution >= 0.6 is 15.9 Å². The van der Waals surface area contributed by atoms with E-state index in [1.807, 2.05) is 31.2 Å². The SMILES string of the molecule is C[C@H](C(=O)Nc1ccc(Br)cc1)N1CCCCC1. The largest absolute Gasteiger partial charge is 0.325 e. The van der Waals surface area contributed by atoms with E-state index in [0.29, 0.717) is 0 Å². The molecule has 1 amide bonds. The molecule has 0 aliphatic carbocycles. The fourth-order valence-corrected chi connectivity index (χ4v) is 2.52. The quantitative estimate of drug-likeness (QED) is 0.929. The molecule has 0 radical (unpaired) electrons. The van der Waals surface area contributed by atoms with Crippen LogP contribution in [0.15, 0.2) is 28.7 Å². The van der Waals surface area contributed by atoms with Gasteiger partial charge in [0, 0.05) is 10.2 Å². The summed E-state index contributed by atoms with van der Waals surface area (Å²) in [5.41, 5.74) is 0.854. The Labute approximate surface area is 117 Å². The van der Waals surface area contributed by atoms with Crippen LogP contribution in [0.2, 0.25) is 0 Å². The van der Waals surface area contributed by atoms with Gasteiger partial charge in [-0.25, -0.2) is 0 Å². The van der Waals surface area contributed by atoms with Crippen molar-refractivity contribution in [2.24, 2.45) is 0 Å². The summed E-state index contributed by atoms with van der Waals surface area (Å²) in [7, 11) is 0. The minimum absolute atomic E-state index is 0.0473. The fourth-order valence-electron chi connectivity index (χ4n) is 2.25. The number of rotatable bonds is 3. The molecule has 1 aromatic carbocycles. The van der Waals surface area contributed by atoms with Crippen LogP contribution < -0.4 is 5.32 Å². The van der Waals surface area contributed by atoms with E-state index in [1.165, 1.54) is 19.3 Å². The van der Waals surface area contributed by atoms with Crippen molar-refractivity contribution in [2.45, 2.75) is 32.2 Å². The van der Waals surface area contributed by atoms with Crippen molar-refractivity contribution in [3.63, 3.8) is 0 Å². The van der Waals surface area contributed by atoms with Gasteiger partial charge >= 0.3 is 0 Å². The highest BCUT2D eigenvalue weighted by molar-refractivity contribution is 9.10. The van der Waals surface area contributed by atoms with Crippen LogP contribution in [0.5, 0.6) is 0 Å². The minimum Gasteiger partial charge on any atom is -0.325 e. The molecule has 0 unspecified atom stereocenters. The van der Waals surface area contributed by atoms with Gasteiger partial charge in [0.1, 0.15) is 0 Å². The van der Waals surface area contributed by atoms with Gasteiger partial charge in [-0.15, -0.1) is 0 Å². The Morgan fingerprint density at radius 3 is 2.44 bits per heavy atom. The van der Waals surface area contributed by atoms with Gasteiger partial charge < -0.3 is 5.32 Å². The van der Waals surface area contributed by atoms with Crippen molar-refractivity contribution in [1.82, 2.24) is 4.90 Å². The summed E-state index contributed by atoms with van der Waals surface area (Å²) in [4.78, 5) is 14.4. The molecule has 18 heavy (non-hydrogen) atoms. The summed E-state index contributed by atoms with van der Waals surface area (Å²) >= 11 is 3.38. The third-order valence-electron chi connectivity index (χ3n) is 3.43. The fraction of sp³-hybridized carbons (Fsp3) is 0.500. The van der Waals surface area contributed by atoms with E-state index in [-0.39, 0.29) is 11.9 Å². The first-order valence-electron chi connectivity index (χ1n) is 6.47. The van der Waals surface area contributed by atoms with Crippen LogP contribution in [0.3, 0.4) is 0 Å². The number of amides is 1. The normalized spacial score (nSPS) is 18.3. The second kappa shape index (κ2) is 6.34. The molecule has 3 nitrogen and oxygen atoms in total. The third-order valence-corrected chi connectivity index (χ3v) is 3.96. The summed E-state index contributed by atoms with van der Waals surface area (Å²) in [5, 5.41) is 2.96. The van der Waals surface area contributed by atoms with Crippen molar-refractivity contribution >= 4 is 27.5 Å². The molecule has 1 aliphatic heterocycles. The topological polar surface area (TPSA) is 32.3 Å². The average Bonchev–Trinajstić information content (AvgIpc) is 2.41. The lowest BCUT2D eigenvalue weighted by Crippen LogP contribution is -2.44. The standard InChI is InChI=1S/C14H19BrN2O/c1-11(17-9-3-2-4-10-17)14(18)16-13-7-5-12(15)6-8-13/h5-8,11H,2-4,9-10H2,1H3,(H,16,18)/t11-/m1/s1. The number of anilines is 1. The number of halogens is 1. The van der Waals surface area contributed by atoms with Crippen molar-refractivity contribution in [3.8, 4) is 0 Å². The van der Waals surface area contributed by atoms with Crippen molar-refractivity contribution < 1.29 is 4.79 Å². The Kier molecular flexibility index (Phi) is 4.78. The molecule has 1 N–H and O–H groups in total. The molecule has 0 bridgehead atoms. The Hall–Kier alpha value is -0.870. The highest BCUT2D eigenvalue weighted by Gasteiger charge is 2.22. The predicted octanol–water partition coefficient (Wildman–Crippen LogP) is 3.26. The highest BCUT2D eigenvalue weighted by Crippen LogP contribution is 2.16. The molecule has 1 fully saturated rings. The van der Waals surface area contributed by atoms with Gasteiger partial charge in [0.15, 0.2) is 0 Å². The lowest BCUT2D eigenvalue weighted by Gasteiger charge is -2.31. The molecule has 1 aromatic rings. The van der Waals surface area contributed by atoms with Crippen LogP contribution in [0, 0.1) is 0 Å². The molecule has 4 heteroatoms. The van der Waals surface area contributed by atoms with Crippen molar-refractivity contribution in [3.05, 3.63) is 28.7 Å². The zero-order valence-corrected chi connectivity index (χ0v) is 12.2. The summed E-state index contributed by atoms with van der Waals surface area (Å²) < 4.78 is 1.02. The molecular weight excluding hydrogens is 292 g/mol. The van der Waals surface area contributed by atoms with Crippen LogP contribution in [0.25, 0.3) is 0 Å². The highest BCUT2D eigenvalue weighted by atomic mass is 79.9. The number of piperidine rings is 1. The van der Waals surface area contributed by atoms with E-state index in [4.69, 9.17) is 0 Å². The van der Waals surface area contributed by atoms with Crippen LogP contribution in [-0.4, -0.2) is 29.9 Å². The number of carbonyl (C=O) groups is 1. The second-order valence-corrected chi connectivity index (χ2v) is 5.68. The number of benzene rings is 1. The minimum atomic E-state index is -0.0473. The maximum absolute atomic E-state index is 12.1. The Bertz CT molecular complexity index is 399. The number of hydrogen-bond acceptors (Lipinski definition) is 2. The average molecular weight is 311 g/mol. The molecule has 0 aromatic heterocycles. The van der Waals surface area contributed by atoms with Crippen molar-refractivity contribution in [1.29, 1.82) is 0 Å². The first kappa shape index (κ1) is 13.6. The maximum atomic E-state index is 12.1. The lowest BCUT2D eigenvalue weighted by molar-refractivity contribution is -0.121. The molecule has 1 saturated heterocycles. The smallest absolute Gasteiger partial charge is 0.241 e. The zero-order chi connectivity index (χ0) is 13.0. The van der Waals surface area contributed by atoms with Crippen LogP contribution in [0.4, 0.5) is 5.69 Å². The van der Waals surface area contributed by atoms with Gasteiger partial charge in [-0.1, -0.05) is 22.4 Å². The Morgan fingerprint density at radius 1 is 1.22 bits per heavy atom. The summed E-state index contributed by atoms with van der Waals surface area (Å²) in [5.74, 6) is 0.0826. The van der Waals surface area contributed by atoms with E-state index in [9.17, 15) is 4.79 Å². The molecule has 0 spiro atoms. The molecule has 0 saturated carbocycles. The predicted molar refractivity (Wildman–Crippen MR) is 77.7 cm³/mol. The van der Waals surface area contributed by atoms with Gasteiger partial charge in [-0.3, -0.25) is 9.69 Å². The Balaban J connectivity index is 1.92. The van der Waals surface area contributed by atoms with Gasteiger partial charge in [0.25, 0.3) is 0 Å². The molecule has 1 atom stereocenters. The summed E-state index contributed by atoms with van der Waals surface area (Å²) in [6.07, 6.45) is 3.70. The maximum Gasteiger partial charge on any atom is 0.241 e. The van der Waals surface area contributed by atoms with Gasteiger partial charge in [-0.05, 0) is 57.1 Å². The Morgan fingerprint density at radius 2 is 1.83 bits per heavy atom. The second-order valence-electron chi connectivity index (χ2n) is 4.77. The molecule has 1 heterocycles. The lowest BCUT2D eigenvalue weighted by atomic mass is 10.1. The van der Waals surface area contributed by atoms with Crippen molar-refractivity contribution in [2.75, 3.05) is 18.4 Å². The molecule has 2 rings (SSSR count). The number of likely N-dealkylation sites (tertiary alicyclic amines) is 1.